The maximum Gasteiger partial charge on any atom is 0.387 e. The van der Waals surface area contributed by atoms with Crippen molar-refractivity contribution in [3.63, 3.8) is 0 Å². The first kappa shape index (κ1) is 24.0. The fraction of sp³-hybridized carbons (Fsp3) is 0.174. The first-order valence-corrected chi connectivity index (χ1v) is 11.2. The summed E-state index contributed by atoms with van der Waals surface area (Å²) in [7, 11) is -2.49. The van der Waals surface area contributed by atoms with Crippen LogP contribution in [-0.2, 0) is 10.0 Å². The molecule has 0 saturated heterocycles. The maximum absolute atomic E-state index is 12.6. The normalized spacial score (nSPS) is 11.2. The van der Waals surface area contributed by atoms with Gasteiger partial charge in [0.05, 0.1) is 12.0 Å². The zero-order valence-electron chi connectivity index (χ0n) is 18.1. The van der Waals surface area contributed by atoms with Crippen LogP contribution in [0.5, 0.6) is 11.5 Å². The maximum atomic E-state index is 12.6. The van der Waals surface area contributed by atoms with Crippen LogP contribution in [0.1, 0.15) is 21.5 Å². The zero-order valence-corrected chi connectivity index (χ0v) is 18.9. The summed E-state index contributed by atoms with van der Waals surface area (Å²) in [4.78, 5) is 12.7. The number of alkyl halides is 2. The summed E-state index contributed by atoms with van der Waals surface area (Å²) in [6.07, 6.45) is 0. The molecule has 0 aromatic heterocycles. The molecule has 0 spiro atoms. The Morgan fingerprint density at radius 3 is 2.15 bits per heavy atom. The third kappa shape index (κ3) is 5.98. The number of rotatable bonds is 8. The van der Waals surface area contributed by atoms with E-state index in [1.807, 2.05) is 13.8 Å². The first-order chi connectivity index (χ1) is 15.6. The van der Waals surface area contributed by atoms with Gasteiger partial charge in [0.1, 0.15) is 0 Å². The number of aryl methyl sites for hydroxylation is 2. The van der Waals surface area contributed by atoms with Gasteiger partial charge in [-0.25, -0.2) is 8.42 Å². The lowest BCUT2D eigenvalue weighted by Crippen LogP contribution is -2.14. The lowest BCUT2D eigenvalue weighted by molar-refractivity contribution is -0.0511. The number of methoxy groups -OCH3 is 1. The van der Waals surface area contributed by atoms with Crippen molar-refractivity contribution in [2.24, 2.45) is 0 Å². The number of hydrogen-bond acceptors (Lipinski definition) is 5. The van der Waals surface area contributed by atoms with Gasteiger partial charge in [0.2, 0.25) is 0 Å². The van der Waals surface area contributed by atoms with Crippen molar-refractivity contribution < 1.29 is 31.5 Å². The zero-order chi connectivity index (χ0) is 24.2. The molecule has 1 amide bonds. The van der Waals surface area contributed by atoms with Gasteiger partial charge in [-0.1, -0.05) is 6.07 Å². The Balaban J connectivity index is 1.72. The molecule has 0 aliphatic rings. The van der Waals surface area contributed by atoms with Crippen LogP contribution >= 0.6 is 0 Å². The molecule has 0 radical (unpaired) electrons. The molecule has 0 bridgehead atoms. The molecular weight excluding hydrogens is 454 g/mol. The average molecular weight is 477 g/mol. The van der Waals surface area contributed by atoms with Crippen LogP contribution in [0.15, 0.2) is 65.6 Å². The number of anilines is 2. The van der Waals surface area contributed by atoms with E-state index in [1.54, 1.807) is 12.1 Å². The van der Waals surface area contributed by atoms with Gasteiger partial charge in [0.15, 0.2) is 11.5 Å². The van der Waals surface area contributed by atoms with Crippen molar-refractivity contribution in [1.29, 1.82) is 0 Å². The van der Waals surface area contributed by atoms with E-state index in [1.165, 1.54) is 55.6 Å². The molecule has 7 nitrogen and oxygen atoms in total. The molecule has 0 saturated carbocycles. The topological polar surface area (TPSA) is 93.7 Å². The molecule has 3 aromatic carbocycles. The summed E-state index contributed by atoms with van der Waals surface area (Å²) in [5.74, 6) is -0.651. The molecule has 2 N–H and O–H groups in total. The number of benzene rings is 3. The van der Waals surface area contributed by atoms with E-state index in [4.69, 9.17) is 4.74 Å². The minimum absolute atomic E-state index is 0.0914. The molecule has 0 unspecified atom stereocenters. The molecule has 174 valence electrons. The fourth-order valence-electron chi connectivity index (χ4n) is 2.93. The monoisotopic (exact) mass is 476 g/mol. The third-order valence-electron chi connectivity index (χ3n) is 4.83. The summed E-state index contributed by atoms with van der Waals surface area (Å²) in [5.41, 5.74) is 2.56. The lowest BCUT2D eigenvalue weighted by atomic mass is 10.1. The molecule has 0 heterocycles. The van der Waals surface area contributed by atoms with E-state index >= 15 is 0 Å². The number of carbonyl (C=O) groups excluding carboxylic acids is 1. The highest BCUT2D eigenvalue weighted by Gasteiger charge is 2.16. The van der Waals surface area contributed by atoms with Gasteiger partial charge in [-0.3, -0.25) is 9.52 Å². The van der Waals surface area contributed by atoms with E-state index in [0.717, 1.165) is 11.1 Å². The molecule has 0 fully saturated rings. The van der Waals surface area contributed by atoms with Crippen LogP contribution in [0, 0.1) is 13.8 Å². The van der Waals surface area contributed by atoms with Crippen LogP contribution in [0.25, 0.3) is 0 Å². The van der Waals surface area contributed by atoms with E-state index in [9.17, 15) is 22.0 Å². The Hall–Kier alpha value is -3.66. The average Bonchev–Trinajstić information content (AvgIpc) is 2.75. The second-order valence-corrected chi connectivity index (χ2v) is 8.81. The van der Waals surface area contributed by atoms with Gasteiger partial charge >= 0.3 is 6.61 Å². The van der Waals surface area contributed by atoms with Crippen molar-refractivity contribution in [2.45, 2.75) is 25.4 Å². The SMILES string of the molecule is COc1ccc(NC(=O)c2ccc(NS(=O)(=O)c3ccc(C)c(C)c3)cc2)cc1OC(F)F. The number of sulfonamides is 1. The van der Waals surface area contributed by atoms with Gasteiger partial charge in [0, 0.05) is 23.0 Å². The molecule has 0 aliphatic carbocycles. The van der Waals surface area contributed by atoms with Crippen molar-refractivity contribution in [2.75, 3.05) is 17.1 Å². The summed E-state index contributed by atoms with van der Waals surface area (Å²) in [5, 5.41) is 2.57. The smallest absolute Gasteiger partial charge is 0.387 e. The molecule has 10 heteroatoms. The van der Waals surface area contributed by atoms with Gasteiger partial charge in [-0.15, -0.1) is 0 Å². The summed E-state index contributed by atoms with van der Waals surface area (Å²) < 4.78 is 62.2. The van der Waals surface area contributed by atoms with E-state index in [-0.39, 0.29) is 33.3 Å². The van der Waals surface area contributed by atoms with Crippen LogP contribution < -0.4 is 19.5 Å². The van der Waals surface area contributed by atoms with Crippen LogP contribution in [0.2, 0.25) is 0 Å². The van der Waals surface area contributed by atoms with Crippen molar-refractivity contribution >= 4 is 27.3 Å². The van der Waals surface area contributed by atoms with Crippen molar-refractivity contribution in [3.8, 4) is 11.5 Å². The molecule has 3 aromatic rings. The summed E-state index contributed by atoms with van der Waals surface area (Å²) in [6, 6.07) is 14.7. The standard InChI is InChI=1S/C23H22F2N2O5S/c1-14-4-10-19(12-15(14)2)33(29,30)27-17-7-5-16(6-8-17)22(28)26-18-9-11-20(31-3)21(13-18)32-23(24)25/h4-13,23,27H,1-3H3,(H,26,28). The van der Waals surface area contributed by atoms with E-state index in [0.29, 0.717) is 0 Å². The van der Waals surface area contributed by atoms with Crippen LogP contribution in [0.4, 0.5) is 20.2 Å². The Morgan fingerprint density at radius 2 is 1.55 bits per heavy atom. The Labute approximate surface area is 190 Å². The summed E-state index contributed by atoms with van der Waals surface area (Å²) in [6.45, 7) is 0.666. The predicted octanol–water partition coefficient (Wildman–Crippen LogP) is 4.97. The van der Waals surface area contributed by atoms with E-state index in [2.05, 4.69) is 14.8 Å². The van der Waals surface area contributed by atoms with Gasteiger partial charge < -0.3 is 14.8 Å². The Kier molecular flexibility index (Phi) is 7.17. The van der Waals surface area contributed by atoms with Gasteiger partial charge in [-0.2, -0.15) is 8.78 Å². The molecule has 0 aliphatic heterocycles. The number of carbonyl (C=O) groups is 1. The second kappa shape index (κ2) is 9.86. The highest BCUT2D eigenvalue weighted by atomic mass is 32.2. The Morgan fingerprint density at radius 1 is 0.879 bits per heavy atom. The Bertz CT molecular complexity index is 1260. The van der Waals surface area contributed by atoms with Gasteiger partial charge in [0.25, 0.3) is 15.9 Å². The number of halogens is 2. The van der Waals surface area contributed by atoms with Crippen LogP contribution in [0.3, 0.4) is 0 Å². The van der Waals surface area contributed by atoms with Crippen LogP contribution in [-0.4, -0.2) is 28.0 Å². The predicted molar refractivity (Wildman–Crippen MR) is 121 cm³/mol. The molecule has 33 heavy (non-hydrogen) atoms. The number of amides is 1. The number of ether oxygens (including phenoxy) is 2. The van der Waals surface area contributed by atoms with E-state index < -0.39 is 22.5 Å². The highest BCUT2D eigenvalue weighted by molar-refractivity contribution is 7.92. The summed E-state index contributed by atoms with van der Waals surface area (Å²) >= 11 is 0. The highest BCUT2D eigenvalue weighted by Crippen LogP contribution is 2.31. The number of nitrogens with one attached hydrogen (secondary N) is 2. The minimum Gasteiger partial charge on any atom is -0.493 e. The minimum atomic E-state index is -3.79. The van der Waals surface area contributed by atoms with Crippen molar-refractivity contribution in [3.05, 3.63) is 77.4 Å². The largest absolute Gasteiger partial charge is 0.493 e. The third-order valence-corrected chi connectivity index (χ3v) is 6.20. The second-order valence-electron chi connectivity index (χ2n) is 7.13. The molecule has 3 rings (SSSR count). The lowest BCUT2D eigenvalue weighted by Gasteiger charge is -2.13. The quantitative estimate of drug-likeness (QED) is 0.479. The van der Waals surface area contributed by atoms with Gasteiger partial charge in [-0.05, 0) is 73.5 Å². The number of hydrogen-bond donors (Lipinski definition) is 2. The molecule has 0 atom stereocenters. The molecular formula is C23H22F2N2O5S. The first-order valence-electron chi connectivity index (χ1n) is 9.73. The fourth-order valence-corrected chi connectivity index (χ4v) is 4.07. The van der Waals surface area contributed by atoms with Crippen molar-refractivity contribution in [1.82, 2.24) is 0 Å².